The normalized spacial score (nSPS) is 13.6. The van der Waals surface area contributed by atoms with E-state index in [-0.39, 0.29) is 38.6 Å². The zero-order chi connectivity index (χ0) is 59.1. The standard InChI is InChI=1S/C72H119NO8/c1-6-8-10-12-14-16-18-20-22-24-26-28-30-32-33-34-35-36-37-39-41-43-45-47-49-51-53-55-57-59-61-63-70(75)81-68(67-80-72(71(76)77)78-65-64-73(3,4)5)66-79-69(74)62-60-58-56-54-52-50-48-46-44-42-40-38-31-29-27-25-23-21-19-17-15-13-11-9-7-2/h8-11,14-17,20-23,26-29,32-33,35-36,39,41,68,72H,6-7,12-13,18-19,24-25,30-31,34,37-38,40,42-67H2,1-5H3/b10-8-,11-9-,16-14-,17-15-,22-20-,23-21-,28-26-,29-27-,33-32-,36-35-,41-39-. The Kier molecular flexibility index (Phi) is 58.0. The molecule has 0 fully saturated rings. The Morgan fingerprint density at radius 2 is 0.667 bits per heavy atom. The molecule has 2 unspecified atom stereocenters. The summed E-state index contributed by atoms with van der Waals surface area (Å²) < 4.78 is 22.8. The van der Waals surface area contributed by atoms with Crippen LogP contribution in [-0.2, 0) is 33.3 Å². The third kappa shape index (κ3) is 62.9. The molecule has 0 spiro atoms. The molecule has 0 amide bonds. The highest BCUT2D eigenvalue weighted by molar-refractivity contribution is 5.70. The summed E-state index contributed by atoms with van der Waals surface area (Å²) >= 11 is 0. The fraction of sp³-hybridized carbons (Fsp3) is 0.653. The lowest BCUT2D eigenvalue weighted by Gasteiger charge is -2.26. The van der Waals surface area contributed by atoms with Gasteiger partial charge in [-0.1, -0.05) is 257 Å². The Labute approximate surface area is 497 Å². The van der Waals surface area contributed by atoms with Crippen molar-refractivity contribution in [2.45, 2.75) is 257 Å². The fourth-order valence-corrected chi connectivity index (χ4v) is 8.51. The van der Waals surface area contributed by atoms with Gasteiger partial charge >= 0.3 is 11.9 Å². The minimum absolute atomic E-state index is 0.140. The summed E-state index contributed by atoms with van der Waals surface area (Å²) in [6.45, 7) is 4.51. The molecule has 0 aliphatic carbocycles. The molecule has 0 saturated carbocycles. The van der Waals surface area contributed by atoms with Crippen molar-refractivity contribution in [1.29, 1.82) is 0 Å². The summed E-state index contributed by atoms with van der Waals surface area (Å²) in [7, 11) is 5.92. The number of esters is 2. The smallest absolute Gasteiger partial charge is 0.306 e. The molecule has 0 aliphatic heterocycles. The zero-order valence-electron chi connectivity index (χ0n) is 52.4. The van der Waals surface area contributed by atoms with Crippen molar-refractivity contribution in [2.75, 3.05) is 47.5 Å². The van der Waals surface area contributed by atoms with Crippen LogP contribution in [0.1, 0.15) is 245 Å². The summed E-state index contributed by atoms with van der Waals surface area (Å²) in [4.78, 5) is 37.4. The van der Waals surface area contributed by atoms with E-state index in [0.29, 0.717) is 17.4 Å². The number of carboxylic acid groups (broad SMARTS) is 1. The number of quaternary nitrogens is 1. The van der Waals surface area contributed by atoms with Gasteiger partial charge in [0.05, 0.1) is 40.3 Å². The first kappa shape index (κ1) is 76.4. The predicted molar refractivity (Wildman–Crippen MR) is 343 cm³/mol. The molecule has 0 aromatic rings. The van der Waals surface area contributed by atoms with E-state index in [1.807, 2.05) is 21.1 Å². The molecule has 460 valence electrons. The van der Waals surface area contributed by atoms with E-state index in [4.69, 9.17) is 18.9 Å². The van der Waals surface area contributed by atoms with E-state index in [1.54, 1.807) is 0 Å². The number of carboxylic acids is 1. The van der Waals surface area contributed by atoms with Crippen LogP contribution in [0.5, 0.6) is 0 Å². The Morgan fingerprint density at radius 3 is 0.988 bits per heavy atom. The van der Waals surface area contributed by atoms with Gasteiger partial charge in [0.25, 0.3) is 0 Å². The summed E-state index contributed by atoms with van der Waals surface area (Å²) in [6.07, 6.45) is 85.0. The van der Waals surface area contributed by atoms with Gasteiger partial charge in [-0.2, -0.15) is 0 Å². The topological polar surface area (TPSA) is 111 Å². The molecule has 2 atom stereocenters. The second-order valence-corrected chi connectivity index (χ2v) is 22.3. The van der Waals surface area contributed by atoms with E-state index in [0.717, 1.165) is 116 Å². The lowest BCUT2D eigenvalue weighted by atomic mass is 10.0. The number of rotatable bonds is 58. The van der Waals surface area contributed by atoms with Gasteiger partial charge in [0.2, 0.25) is 0 Å². The number of carbonyl (C=O) groups is 3. The largest absolute Gasteiger partial charge is 0.545 e. The number of ether oxygens (including phenoxy) is 4. The highest BCUT2D eigenvalue weighted by Gasteiger charge is 2.22. The summed E-state index contributed by atoms with van der Waals surface area (Å²) in [5, 5.41) is 11.8. The Balaban J connectivity index is 4.23. The molecule has 0 saturated heterocycles. The number of nitrogens with zero attached hydrogens (tertiary/aromatic N) is 1. The molecular weight excluding hydrogens is 1010 g/mol. The molecule has 0 bridgehead atoms. The van der Waals surface area contributed by atoms with E-state index in [9.17, 15) is 19.5 Å². The minimum Gasteiger partial charge on any atom is -0.545 e. The molecular formula is C72H119NO8. The van der Waals surface area contributed by atoms with Crippen LogP contribution in [0.2, 0.25) is 0 Å². The fourth-order valence-electron chi connectivity index (χ4n) is 8.51. The van der Waals surface area contributed by atoms with Gasteiger partial charge in [0, 0.05) is 12.8 Å². The average molecular weight is 1130 g/mol. The van der Waals surface area contributed by atoms with Crippen molar-refractivity contribution in [2.24, 2.45) is 0 Å². The van der Waals surface area contributed by atoms with E-state index in [2.05, 4.69) is 148 Å². The second kappa shape index (κ2) is 61.5. The van der Waals surface area contributed by atoms with Crippen molar-refractivity contribution in [3.8, 4) is 0 Å². The van der Waals surface area contributed by atoms with Gasteiger partial charge in [0.1, 0.15) is 13.2 Å². The van der Waals surface area contributed by atoms with Gasteiger partial charge in [-0.05, 0) is 109 Å². The summed E-state index contributed by atoms with van der Waals surface area (Å²) in [5.41, 5.74) is 0. The quantitative estimate of drug-likeness (QED) is 0.0195. The van der Waals surface area contributed by atoms with Gasteiger partial charge in [0.15, 0.2) is 12.4 Å². The minimum atomic E-state index is -1.63. The van der Waals surface area contributed by atoms with Crippen LogP contribution in [0, 0.1) is 0 Å². The van der Waals surface area contributed by atoms with Crippen LogP contribution in [0.25, 0.3) is 0 Å². The van der Waals surface area contributed by atoms with Crippen LogP contribution < -0.4 is 5.11 Å². The Hall–Kier alpha value is -4.57. The molecule has 0 N–H and O–H groups in total. The third-order valence-corrected chi connectivity index (χ3v) is 13.4. The summed E-state index contributed by atoms with van der Waals surface area (Å²) in [5.74, 6) is -2.30. The lowest BCUT2D eigenvalue weighted by molar-refractivity contribution is -0.870. The van der Waals surface area contributed by atoms with Crippen molar-refractivity contribution in [3.05, 3.63) is 134 Å². The number of hydrogen-bond acceptors (Lipinski definition) is 8. The van der Waals surface area contributed by atoms with Crippen LogP contribution in [0.15, 0.2) is 134 Å². The molecule has 0 heterocycles. The van der Waals surface area contributed by atoms with Crippen molar-refractivity contribution < 1.29 is 42.9 Å². The summed E-state index contributed by atoms with van der Waals surface area (Å²) in [6, 6.07) is 0. The highest BCUT2D eigenvalue weighted by Crippen LogP contribution is 2.16. The number of allylic oxidation sites excluding steroid dienone is 22. The predicted octanol–water partition coefficient (Wildman–Crippen LogP) is 18.5. The maximum absolute atomic E-state index is 12.9. The molecule has 9 heteroatoms. The first-order valence-electron chi connectivity index (χ1n) is 32.3. The van der Waals surface area contributed by atoms with Crippen molar-refractivity contribution >= 4 is 17.9 Å². The zero-order valence-corrected chi connectivity index (χ0v) is 52.4. The van der Waals surface area contributed by atoms with Gasteiger partial charge in [-0.25, -0.2) is 0 Å². The number of carbonyl (C=O) groups excluding carboxylic acids is 3. The maximum Gasteiger partial charge on any atom is 0.306 e. The van der Waals surface area contributed by atoms with Crippen LogP contribution in [0.3, 0.4) is 0 Å². The van der Waals surface area contributed by atoms with E-state index in [1.165, 1.54) is 96.3 Å². The van der Waals surface area contributed by atoms with Gasteiger partial charge in [-0.15, -0.1) is 0 Å². The molecule has 9 nitrogen and oxygen atoms in total. The van der Waals surface area contributed by atoms with E-state index >= 15 is 0 Å². The molecule has 0 aliphatic rings. The molecule has 0 rings (SSSR count). The van der Waals surface area contributed by atoms with Crippen molar-refractivity contribution in [3.63, 3.8) is 0 Å². The van der Waals surface area contributed by atoms with Crippen LogP contribution >= 0.6 is 0 Å². The maximum atomic E-state index is 12.9. The molecule has 81 heavy (non-hydrogen) atoms. The average Bonchev–Trinajstić information content (AvgIpc) is 3.44. The SMILES string of the molecule is CC/C=C\C/C=C\C/C=C\C/C=C\C/C=C\C/C=C\C/C=C\CCCCCCCCCCCC(=O)OC(COC(=O)CCCCCCCCCCCCCC/C=C\C/C=C\C/C=C\C/C=C\CC)COC(OCC[N+](C)(C)C)C(=O)[O-]. The van der Waals surface area contributed by atoms with Gasteiger partial charge in [-0.3, -0.25) is 9.59 Å². The Morgan fingerprint density at radius 1 is 0.370 bits per heavy atom. The van der Waals surface area contributed by atoms with Crippen LogP contribution in [0.4, 0.5) is 0 Å². The lowest BCUT2D eigenvalue weighted by Crippen LogP contribution is -2.44. The monoisotopic (exact) mass is 1130 g/mol. The number of hydrogen-bond donors (Lipinski definition) is 0. The van der Waals surface area contributed by atoms with E-state index < -0.39 is 24.3 Å². The van der Waals surface area contributed by atoms with Gasteiger partial charge < -0.3 is 33.3 Å². The molecule has 0 aromatic carbocycles. The second-order valence-electron chi connectivity index (χ2n) is 22.3. The molecule has 0 aromatic heterocycles. The Bertz CT molecular complexity index is 1790. The molecule has 0 radical (unpaired) electrons. The number of likely N-dealkylation sites (N-methyl/N-ethyl adjacent to an activating group) is 1. The first-order chi connectivity index (χ1) is 39.6. The van der Waals surface area contributed by atoms with Crippen molar-refractivity contribution in [1.82, 2.24) is 0 Å². The highest BCUT2D eigenvalue weighted by atomic mass is 16.7. The number of aliphatic carboxylic acids is 1. The number of unbranched alkanes of at least 4 members (excludes halogenated alkanes) is 21. The third-order valence-electron chi connectivity index (χ3n) is 13.4. The van der Waals surface area contributed by atoms with Crippen LogP contribution in [-0.4, -0.2) is 82.3 Å². The first-order valence-corrected chi connectivity index (χ1v) is 32.3.